The highest BCUT2D eigenvalue weighted by Crippen LogP contribution is 2.23. The molecule has 1 saturated heterocycles. The summed E-state index contributed by atoms with van der Waals surface area (Å²) < 4.78 is 1.93. The molecule has 1 aliphatic heterocycles. The van der Waals surface area contributed by atoms with Crippen LogP contribution in [0.5, 0.6) is 0 Å². The molecule has 1 aliphatic rings. The normalized spacial score (nSPS) is 14.1. The SMILES string of the molecule is O=C(Cc1ccc(Cl)c(Cl)c1)N1CCN(c2ccc3nn(Cc4ccccc4)cc3n2)CC1. The highest BCUT2D eigenvalue weighted by Gasteiger charge is 2.22. The molecule has 8 heteroatoms. The Morgan fingerprint density at radius 2 is 1.64 bits per heavy atom. The fourth-order valence-corrected chi connectivity index (χ4v) is 4.41. The molecule has 0 aliphatic carbocycles. The molecule has 0 radical (unpaired) electrons. The molecular formula is C25H23Cl2N5O. The van der Waals surface area contributed by atoms with Gasteiger partial charge in [0.25, 0.3) is 0 Å². The highest BCUT2D eigenvalue weighted by atomic mass is 35.5. The van der Waals surface area contributed by atoms with Crippen molar-refractivity contribution < 1.29 is 4.79 Å². The van der Waals surface area contributed by atoms with E-state index in [2.05, 4.69) is 22.1 Å². The van der Waals surface area contributed by atoms with Crippen LogP contribution >= 0.6 is 23.2 Å². The summed E-state index contributed by atoms with van der Waals surface area (Å²) in [6, 6.07) is 19.6. The molecule has 168 valence electrons. The number of carbonyl (C=O) groups is 1. The van der Waals surface area contributed by atoms with Crippen LogP contribution < -0.4 is 4.90 Å². The minimum Gasteiger partial charge on any atom is -0.353 e. The van der Waals surface area contributed by atoms with Crippen molar-refractivity contribution in [3.05, 3.63) is 88.0 Å². The van der Waals surface area contributed by atoms with Crippen LogP contribution in [0.15, 0.2) is 66.9 Å². The lowest BCUT2D eigenvalue weighted by Gasteiger charge is -2.35. The van der Waals surface area contributed by atoms with Crippen molar-refractivity contribution >= 4 is 46.0 Å². The van der Waals surface area contributed by atoms with Gasteiger partial charge in [-0.25, -0.2) is 4.98 Å². The zero-order valence-electron chi connectivity index (χ0n) is 18.0. The van der Waals surface area contributed by atoms with Crippen molar-refractivity contribution in [3.63, 3.8) is 0 Å². The third-order valence-corrected chi connectivity index (χ3v) is 6.62. The molecule has 0 N–H and O–H groups in total. The number of pyridine rings is 1. The van der Waals surface area contributed by atoms with Gasteiger partial charge in [-0.1, -0.05) is 59.6 Å². The molecule has 3 heterocycles. The van der Waals surface area contributed by atoms with Crippen LogP contribution in [0.2, 0.25) is 10.0 Å². The minimum atomic E-state index is 0.0960. The molecule has 0 unspecified atom stereocenters. The number of fused-ring (bicyclic) bond motifs is 1. The molecule has 0 bridgehead atoms. The first kappa shape index (κ1) is 21.7. The molecule has 1 fully saturated rings. The lowest BCUT2D eigenvalue weighted by atomic mass is 10.1. The lowest BCUT2D eigenvalue weighted by Crippen LogP contribution is -2.49. The van der Waals surface area contributed by atoms with Crippen molar-refractivity contribution in [1.82, 2.24) is 19.7 Å². The molecular weight excluding hydrogens is 457 g/mol. The Hall–Kier alpha value is -3.09. The van der Waals surface area contributed by atoms with Gasteiger partial charge in [0.15, 0.2) is 0 Å². The van der Waals surface area contributed by atoms with Gasteiger partial charge in [0.2, 0.25) is 5.91 Å². The minimum absolute atomic E-state index is 0.0960. The van der Waals surface area contributed by atoms with E-state index in [4.69, 9.17) is 28.2 Å². The summed E-state index contributed by atoms with van der Waals surface area (Å²) in [7, 11) is 0. The fourth-order valence-electron chi connectivity index (χ4n) is 4.09. The van der Waals surface area contributed by atoms with Gasteiger partial charge in [-0.2, -0.15) is 5.10 Å². The summed E-state index contributed by atoms with van der Waals surface area (Å²) in [6.07, 6.45) is 2.31. The van der Waals surface area contributed by atoms with E-state index in [1.54, 1.807) is 12.1 Å². The lowest BCUT2D eigenvalue weighted by molar-refractivity contribution is -0.130. The molecule has 2 aromatic heterocycles. The van der Waals surface area contributed by atoms with E-state index in [0.717, 1.165) is 35.5 Å². The number of rotatable bonds is 5. The number of anilines is 1. The topological polar surface area (TPSA) is 54.3 Å². The van der Waals surface area contributed by atoms with E-state index < -0.39 is 0 Å². The number of carbonyl (C=O) groups excluding carboxylic acids is 1. The second-order valence-electron chi connectivity index (χ2n) is 8.18. The van der Waals surface area contributed by atoms with E-state index in [0.29, 0.717) is 36.1 Å². The number of aromatic nitrogens is 3. The Kier molecular flexibility index (Phi) is 6.20. The van der Waals surface area contributed by atoms with E-state index in [1.807, 2.05) is 52.2 Å². The molecule has 6 nitrogen and oxygen atoms in total. The van der Waals surface area contributed by atoms with Crippen LogP contribution in [-0.2, 0) is 17.8 Å². The van der Waals surface area contributed by atoms with Gasteiger partial charge in [-0.15, -0.1) is 0 Å². The predicted octanol–water partition coefficient (Wildman–Crippen LogP) is 4.68. The van der Waals surface area contributed by atoms with Crippen LogP contribution in [0.1, 0.15) is 11.1 Å². The number of nitrogens with zero attached hydrogens (tertiary/aromatic N) is 5. The molecule has 0 saturated carbocycles. The van der Waals surface area contributed by atoms with Crippen LogP contribution in [-0.4, -0.2) is 51.8 Å². The third kappa shape index (κ3) is 4.97. The molecule has 1 amide bonds. The summed E-state index contributed by atoms with van der Waals surface area (Å²) >= 11 is 12.0. The fraction of sp³-hybridized carbons (Fsp3) is 0.240. The maximum Gasteiger partial charge on any atom is 0.227 e. The van der Waals surface area contributed by atoms with Gasteiger partial charge in [0.05, 0.1) is 29.2 Å². The number of amides is 1. The summed E-state index contributed by atoms with van der Waals surface area (Å²) in [5.74, 6) is 1.01. The first-order valence-electron chi connectivity index (χ1n) is 10.9. The van der Waals surface area contributed by atoms with Crippen LogP contribution in [0, 0.1) is 0 Å². The Labute approximate surface area is 202 Å². The first-order chi connectivity index (χ1) is 16.0. The van der Waals surface area contributed by atoms with Gasteiger partial charge in [-0.3, -0.25) is 9.48 Å². The van der Waals surface area contributed by atoms with Crippen molar-refractivity contribution in [2.75, 3.05) is 31.1 Å². The second-order valence-corrected chi connectivity index (χ2v) is 8.99. The van der Waals surface area contributed by atoms with E-state index in [9.17, 15) is 4.79 Å². The summed E-state index contributed by atoms with van der Waals surface area (Å²) in [6.45, 7) is 3.51. The average molecular weight is 480 g/mol. The smallest absolute Gasteiger partial charge is 0.227 e. The molecule has 4 aromatic rings. The van der Waals surface area contributed by atoms with Gasteiger partial charge >= 0.3 is 0 Å². The molecule has 2 aromatic carbocycles. The van der Waals surface area contributed by atoms with Crippen LogP contribution in [0.3, 0.4) is 0 Å². The highest BCUT2D eigenvalue weighted by molar-refractivity contribution is 6.42. The predicted molar refractivity (Wildman–Crippen MR) is 132 cm³/mol. The number of piperazine rings is 1. The zero-order chi connectivity index (χ0) is 22.8. The van der Waals surface area contributed by atoms with Gasteiger partial charge < -0.3 is 9.80 Å². The maximum absolute atomic E-state index is 12.7. The number of hydrogen-bond acceptors (Lipinski definition) is 4. The zero-order valence-corrected chi connectivity index (χ0v) is 19.5. The molecule has 0 atom stereocenters. The largest absolute Gasteiger partial charge is 0.353 e. The summed E-state index contributed by atoms with van der Waals surface area (Å²) in [5.41, 5.74) is 3.83. The third-order valence-electron chi connectivity index (χ3n) is 5.88. The standard InChI is InChI=1S/C25H23Cl2N5O/c26-20-7-6-19(14-21(20)27)15-25(33)31-12-10-30(11-13-31)24-9-8-22-23(28-24)17-32(29-22)16-18-4-2-1-3-5-18/h1-9,14,17H,10-13,15-16H2. The van der Waals surface area contributed by atoms with Gasteiger partial charge in [0.1, 0.15) is 16.9 Å². The molecule has 5 rings (SSSR count). The monoisotopic (exact) mass is 479 g/mol. The second kappa shape index (κ2) is 9.41. The number of halogens is 2. The van der Waals surface area contributed by atoms with Crippen molar-refractivity contribution in [2.24, 2.45) is 0 Å². The average Bonchev–Trinajstić information content (AvgIpc) is 3.23. The molecule has 0 spiro atoms. The van der Waals surface area contributed by atoms with Gasteiger partial charge in [-0.05, 0) is 35.4 Å². The van der Waals surface area contributed by atoms with Crippen molar-refractivity contribution in [2.45, 2.75) is 13.0 Å². The quantitative estimate of drug-likeness (QED) is 0.417. The Balaban J connectivity index is 1.21. The maximum atomic E-state index is 12.7. The summed E-state index contributed by atoms with van der Waals surface area (Å²) in [5, 5.41) is 5.62. The Bertz CT molecular complexity index is 1280. The Morgan fingerprint density at radius 1 is 0.848 bits per heavy atom. The van der Waals surface area contributed by atoms with Crippen molar-refractivity contribution in [1.29, 1.82) is 0 Å². The van der Waals surface area contributed by atoms with Crippen molar-refractivity contribution in [3.8, 4) is 0 Å². The van der Waals surface area contributed by atoms with E-state index in [-0.39, 0.29) is 5.91 Å². The molecule has 33 heavy (non-hydrogen) atoms. The van der Waals surface area contributed by atoms with E-state index >= 15 is 0 Å². The van der Waals surface area contributed by atoms with Crippen LogP contribution in [0.25, 0.3) is 11.0 Å². The first-order valence-corrected chi connectivity index (χ1v) is 11.7. The van der Waals surface area contributed by atoms with Crippen LogP contribution in [0.4, 0.5) is 5.82 Å². The van der Waals surface area contributed by atoms with E-state index in [1.165, 1.54) is 5.56 Å². The number of hydrogen-bond donors (Lipinski definition) is 0. The Morgan fingerprint density at radius 3 is 2.39 bits per heavy atom. The number of benzene rings is 2. The van der Waals surface area contributed by atoms with Gasteiger partial charge in [0, 0.05) is 26.2 Å². The summed E-state index contributed by atoms with van der Waals surface area (Å²) in [4.78, 5) is 21.7.